The monoisotopic (exact) mass is 809 g/mol. The van der Waals surface area contributed by atoms with Gasteiger partial charge in [0, 0.05) is 37.9 Å². The second kappa shape index (κ2) is 14.7. The fourth-order valence-corrected chi connectivity index (χ4v) is 7.50. The van der Waals surface area contributed by atoms with Gasteiger partial charge >= 0.3 is 0 Å². The number of hydrogen-bond donors (Lipinski definition) is 0. The fourth-order valence-electron chi connectivity index (χ4n) is 5.82. The van der Waals surface area contributed by atoms with Crippen molar-refractivity contribution in [1.29, 1.82) is 0 Å². The zero-order valence-electron chi connectivity index (χ0n) is 27.9. The maximum absolute atomic E-state index is 6.12. The number of hydrogen-bond acceptors (Lipinski definition) is 3. The SMILES string of the molecule is Cc1c[c-]c(-c2cc(C(C)C)c([Si](C)(C)C)cn2)cc1.[Ir].[c-]1ccc2c(oc3ccccc32)c1-c1cc(Cc2ccccc2)ccn1. The molecule has 0 aliphatic heterocycles. The molecule has 5 heteroatoms. The summed E-state index contributed by atoms with van der Waals surface area (Å²) >= 11 is 0. The minimum Gasteiger partial charge on any atom is -0.501 e. The van der Waals surface area contributed by atoms with Gasteiger partial charge < -0.3 is 14.4 Å². The van der Waals surface area contributed by atoms with Gasteiger partial charge in [-0.1, -0.05) is 118 Å². The van der Waals surface area contributed by atoms with Crippen LogP contribution in [0.15, 0.2) is 120 Å². The Balaban J connectivity index is 0.000000188. The van der Waals surface area contributed by atoms with Gasteiger partial charge in [0.1, 0.15) is 5.58 Å². The summed E-state index contributed by atoms with van der Waals surface area (Å²) in [5.74, 6) is 0.531. The molecule has 7 aromatic rings. The predicted molar refractivity (Wildman–Crippen MR) is 195 cm³/mol. The van der Waals surface area contributed by atoms with Gasteiger partial charge in [-0.2, -0.15) is 0 Å². The van der Waals surface area contributed by atoms with Crippen molar-refractivity contribution in [3.63, 3.8) is 0 Å². The van der Waals surface area contributed by atoms with Crippen molar-refractivity contribution in [3.8, 4) is 22.5 Å². The van der Waals surface area contributed by atoms with Gasteiger partial charge in [-0.3, -0.25) is 0 Å². The van der Waals surface area contributed by atoms with E-state index in [2.05, 4.69) is 130 Å². The Morgan fingerprint density at radius 1 is 0.766 bits per heavy atom. The first-order valence-electron chi connectivity index (χ1n) is 16.0. The number of nitrogens with zero attached hydrogens (tertiary/aromatic N) is 2. The van der Waals surface area contributed by atoms with Crippen LogP contribution in [0, 0.1) is 19.1 Å². The van der Waals surface area contributed by atoms with Crippen LogP contribution >= 0.6 is 0 Å². The van der Waals surface area contributed by atoms with E-state index in [4.69, 9.17) is 9.40 Å². The number of aromatic nitrogens is 2. The van der Waals surface area contributed by atoms with Crippen molar-refractivity contribution < 1.29 is 24.5 Å². The van der Waals surface area contributed by atoms with E-state index < -0.39 is 8.07 Å². The molecule has 0 bridgehead atoms. The van der Waals surface area contributed by atoms with Crippen molar-refractivity contribution in [1.82, 2.24) is 9.97 Å². The minimum atomic E-state index is -1.35. The molecule has 0 N–H and O–H groups in total. The number of pyridine rings is 2. The van der Waals surface area contributed by atoms with E-state index in [-0.39, 0.29) is 20.1 Å². The molecule has 47 heavy (non-hydrogen) atoms. The van der Waals surface area contributed by atoms with Crippen LogP contribution in [-0.4, -0.2) is 18.0 Å². The Morgan fingerprint density at radius 3 is 2.26 bits per heavy atom. The maximum atomic E-state index is 6.12. The molecule has 3 aromatic heterocycles. The van der Waals surface area contributed by atoms with E-state index in [0.29, 0.717) is 5.92 Å². The number of rotatable bonds is 6. The van der Waals surface area contributed by atoms with Gasteiger partial charge in [0.15, 0.2) is 0 Å². The summed E-state index contributed by atoms with van der Waals surface area (Å²) in [7, 11) is -1.35. The van der Waals surface area contributed by atoms with Crippen molar-refractivity contribution in [2.75, 3.05) is 0 Å². The molecule has 1 radical (unpaired) electrons. The maximum Gasteiger partial charge on any atom is 0.120 e. The van der Waals surface area contributed by atoms with Crippen LogP contribution < -0.4 is 5.19 Å². The van der Waals surface area contributed by atoms with Crippen molar-refractivity contribution in [2.24, 2.45) is 0 Å². The first-order valence-corrected chi connectivity index (χ1v) is 19.5. The zero-order chi connectivity index (χ0) is 32.3. The van der Waals surface area contributed by atoms with Gasteiger partial charge in [-0.15, -0.1) is 53.6 Å². The van der Waals surface area contributed by atoms with Crippen LogP contribution in [0.3, 0.4) is 0 Å². The molecule has 0 saturated heterocycles. The second-order valence-electron chi connectivity index (χ2n) is 13.2. The zero-order valence-corrected chi connectivity index (χ0v) is 31.3. The molecule has 0 saturated carbocycles. The molecule has 3 nitrogen and oxygen atoms in total. The van der Waals surface area contributed by atoms with E-state index in [0.717, 1.165) is 50.9 Å². The minimum absolute atomic E-state index is 0. The normalized spacial score (nSPS) is 11.3. The van der Waals surface area contributed by atoms with Gasteiger partial charge in [-0.25, -0.2) is 0 Å². The first-order chi connectivity index (χ1) is 22.2. The summed E-state index contributed by atoms with van der Waals surface area (Å²) in [5, 5.41) is 3.70. The molecule has 0 spiro atoms. The molecule has 0 amide bonds. The second-order valence-corrected chi connectivity index (χ2v) is 18.3. The molecule has 0 aliphatic rings. The average molecular weight is 809 g/mol. The van der Waals surface area contributed by atoms with Crippen LogP contribution in [0.4, 0.5) is 0 Å². The van der Waals surface area contributed by atoms with E-state index in [1.54, 1.807) is 0 Å². The fraction of sp³-hybridized carbons (Fsp3) is 0.190. The van der Waals surface area contributed by atoms with Crippen LogP contribution in [0.1, 0.15) is 42.0 Å². The van der Waals surface area contributed by atoms with Gasteiger partial charge in [-0.05, 0) is 52.2 Å². The standard InChI is InChI=1S/C24H16NO.C18H24NSi.Ir/c1-2-7-17(8-3-1)15-18-13-14-25-22(16-18)21-11-6-10-20-19-9-4-5-12-23(19)26-24(20)21;1-13(2)16-11-17(15-9-7-14(3)8-10-15)19-12-18(16)20(4,5)6;/h1-10,12-14,16H,15H2;7-9,11-13H,1-6H3;/q2*-1;. The smallest absolute Gasteiger partial charge is 0.120 e. The van der Waals surface area contributed by atoms with E-state index in [9.17, 15) is 0 Å². The van der Waals surface area contributed by atoms with Gasteiger partial charge in [0.2, 0.25) is 0 Å². The quantitative estimate of drug-likeness (QED) is 0.124. The van der Waals surface area contributed by atoms with Crippen molar-refractivity contribution >= 4 is 35.2 Å². The number of para-hydroxylation sites is 1. The van der Waals surface area contributed by atoms with E-state index >= 15 is 0 Å². The van der Waals surface area contributed by atoms with Crippen LogP contribution in [0.25, 0.3) is 44.5 Å². The number of fused-ring (bicyclic) bond motifs is 3. The molecule has 0 aliphatic carbocycles. The molecule has 3 heterocycles. The summed E-state index contributed by atoms with van der Waals surface area (Å²) in [5.41, 5.74) is 10.9. The molecular formula is C42H40IrN2OSi-2. The molecular weight excluding hydrogens is 769 g/mol. The van der Waals surface area contributed by atoms with Crippen LogP contribution in [0.2, 0.25) is 19.6 Å². The number of aryl methyl sites for hydroxylation is 1. The summed E-state index contributed by atoms with van der Waals surface area (Å²) in [6.07, 6.45) is 4.85. The Labute approximate surface area is 293 Å². The Bertz CT molecular complexity index is 2090. The average Bonchev–Trinajstić information content (AvgIpc) is 3.44. The molecule has 7 rings (SSSR count). The molecule has 239 valence electrons. The molecule has 0 fully saturated rings. The molecule has 0 atom stereocenters. The van der Waals surface area contributed by atoms with Crippen LogP contribution in [0.5, 0.6) is 0 Å². The summed E-state index contributed by atoms with van der Waals surface area (Å²) < 4.78 is 6.12. The third-order valence-electron chi connectivity index (χ3n) is 8.28. The molecule has 4 aromatic carbocycles. The number of benzene rings is 4. The molecule has 0 unspecified atom stereocenters. The summed E-state index contributed by atoms with van der Waals surface area (Å²) in [4.78, 5) is 9.27. The summed E-state index contributed by atoms with van der Waals surface area (Å²) in [6.45, 7) is 13.8. The first kappa shape index (κ1) is 34.2. The van der Waals surface area contributed by atoms with E-state index in [1.807, 2.05) is 42.6 Å². The third-order valence-corrected chi connectivity index (χ3v) is 10.3. The van der Waals surface area contributed by atoms with E-state index in [1.165, 1.54) is 27.4 Å². The largest absolute Gasteiger partial charge is 0.501 e. The van der Waals surface area contributed by atoms with Gasteiger partial charge in [0.05, 0.1) is 13.7 Å². The topological polar surface area (TPSA) is 38.9 Å². The summed E-state index contributed by atoms with van der Waals surface area (Å²) in [6, 6.07) is 41.9. The Hall–Kier alpha value is -4.15. The van der Waals surface area contributed by atoms with Crippen molar-refractivity contribution in [3.05, 3.63) is 150 Å². The number of furan rings is 1. The third kappa shape index (κ3) is 7.88. The Morgan fingerprint density at radius 2 is 1.53 bits per heavy atom. The van der Waals surface area contributed by atoms with Crippen LogP contribution in [-0.2, 0) is 26.5 Å². The van der Waals surface area contributed by atoms with Crippen molar-refractivity contribution in [2.45, 2.75) is 52.8 Å². The van der Waals surface area contributed by atoms with Gasteiger partial charge in [0.25, 0.3) is 0 Å². The Kier molecular flexibility index (Phi) is 10.7. The predicted octanol–water partition coefficient (Wildman–Crippen LogP) is 10.6.